The average molecular weight is 402 g/mol. The van der Waals surface area contributed by atoms with Crippen molar-refractivity contribution in [1.82, 2.24) is 25.1 Å². The molecule has 0 aliphatic heterocycles. The summed E-state index contributed by atoms with van der Waals surface area (Å²) >= 11 is 0. The molecule has 0 saturated carbocycles. The second-order valence-corrected chi connectivity index (χ2v) is 7.53. The lowest BCUT2D eigenvalue weighted by Gasteiger charge is -2.04. The Morgan fingerprint density at radius 2 is 1.83 bits per heavy atom. The lowest BCUT2D eigenvalue weighted by atomic mass is 10.1. The average Bonchev–Trinajstić information content (AvgIpc) is 3.35. The number of carbonyl (C=O) groups is 1. The van der Waals surface area contributed by atoms with E-state index in [1.54, 1.807) is 0 Å². The van der Waals surface area contributed by atoms with Crippen molar-refractivity contribution in [1.29, 1.82) is 0 Å². The van der Waals surface area contributed by atoms with Crippen molar-refractivity contribution in [2.45, 2.75) is 39.0 Å². The van der Waals surface area contributed by atoms with Crippen LogP contribution in [-0.2, 0) is 17.6 Å². The molecule has 0 unspecified atom stereocenters. The summed E-state index contributed by atoms with van der Waals surface area (Å²) in [6.45, 7) is 2.71. The molecule has 2 aromatic heterocycles. The first-order valence-electron chi connectivity index (χ1n) is 10.5. The molecule has 6 heteroatoms. The summed E-state index contributed by atoms with van der Waals surface area (Å²) in [7, 11) is 0. The van der Waals surface area contributed by atoms with Crippen LogP contribution in [-0.4, -0.2) is 32.2 Å². The monoisotopic (exact) mass is 401 g/mol. The zero-order chi connectivity index (χ0) is 20.8. The van der Waals surface area contributed by atoms with Crippen molar-refractivity contribution in [2.24, 2.45) is 0 Å². The van der Waals surface area contributed by atoms with Gasteiger partial charge in [-0.3, -0.25) is 4.79 Å². The Kier molecular flexibility index (Phi) is 6.23. The molecule has 2 heterocycles. The van der Waals surface area contributed by atoms with Gasteiger partial charge in [0.05, 0.1) is 22.4 Å². The molecule has 4 rings (SSSR count). The number of amides is 1. The van der Waals surface area contributed by atoms with Gasteiger partial charge in [-0.05, 0) is 56.0 Å². The van der Waals surface area contributed by atoms with Crippen molar-refractivity contribution in [3.8, 4) is 5.69 Å². The molecule has 4 aromatic rings. The number of H-pyrrole nitrogens is 1. The summed E-state index contributed by atoms with van der Waals surface area (Å²) < 4.78 is 1.92. The van der Waals surface area contributed by atoms with E-state index in [1.165, 1.54) is 5.56 Å². The van der Waals surface area contributed by atoms with Crippen LogP contribution in [0.3, 0.4) is 0 Å². The highest BCUT2D eigenvalue weighted by Crippen LogP contribution is 2.14. The maximum Gasteiger partial charge on any atom is 0.220 e. The smallest absolute Gasteiger partial charge is 0.220 e. The first kappa shape index (κ1) is 19.9. The molecule has 154 valence electrons. The topological polar surface area (TPSA) is 75.6 Å². The number of fused-ring (bicyclic) bond motifs is 1. The molecule has 0 bridgehead atoms. The number of imidazole rings is 1. The lowest BCUT2D eigenvalue weighted by Crippen LogP contribution is -2.24. The van der Waals surface area contributed by atoms with Gasteiger partial charge >= 0.3 is 0 Å². The number of benzene rings is 2. The summed E-state index contributed by atoms with van der Waals surface area (Å²) in [6.07, 6.45) is 5.96. The van der Waals surface area contributed by atoms with Crippen molar-refractivity contribution < 1.29 is 4.79 Å². The zero-order valence-corrected chi connectivity index (χ0v) is 17.3. The normalized spacial score (nSPS) is 11.1. The number of hydrogen-bond donors (Lipinski definition) is 2. The quantitative estimate of drug-likeness (QED) is 0.414. The molecule has 0 aliphatic rings. The fraction of sp³-hybridized carbons (Fsp3) is 0.292. The van der Waals surface area contributed by atoms with Crippen molar-refractivity contribution in [3.05, 3.63) is 77.9 Å². The van der Waals surface area contributed by atoms with Gasteiger partial charge in [0, 0.05) is 25.6 Å². The highest BCUT2D eigenvalue weighted by Gasteiger charge is 2.08. The van der Waals surface area contributed by atoms with Gasteiger partial charge in [-0.15, -0.1) is 0 Å². The van der Waals surface area contributed by atoms with Crippen LogP contribution in [0.4, 0.5) is 0 Å². The third-order valence-corrected chi connectivity index (χ3v) is 5.22. The van der Waals surface area contributed by atoms with Gasteiger partial charge < -0.3 is 10.3 Å². The van der Waals surface area contributed by atoms with Gasteiger partial charge in [0.25, 0.3) is 0 Å². The SMILES string of the molecule is Cc1nn(-c2ccccc2)cc1CCCNC(=O)CCCc1nc2ccccc2[nH]1. The Balaban J connectivity index is 1.17. The van der Waals surface area contributed by atoms with Crippen molar-refractivity contribution in [3.63, 3.8) is 0 Å². The molecular formula is C24H27N5O. The first-order valence-corrected chi connectivity index (χ1v) is 10.5. The van der Waals surface area contributed by atoms with Gasteiger partial charge in [0.15, 0.2) is 0 Å². The van der Waals surface area contributed by atoms with E-state index >= 15 is 0 Å². The number of carbonyl (C=O) groups excluding carboxylic acids is 1. The van der Waals surface area contributed by atoms with Crippen LogP contribution in [0.1, 0.15) is 36.3 Å². The minimum absolute atomic E-state index is 0.0998. The summed E-state index contributed by atoms with van der Waals surface area (Å²) in [5.41, 5.74) is 5.34. The number of aromatic nitrogens is 4. The van der Waals surface area contributed by atoms with Gasteiger partial charge in [-0.25, -0.2) is 9.67 Å². The number of rotatable bonds is 9. The highest BCUT2D eigenvalue weighted by molar-refractivity contribution is 5.76. The minimum atomic E-state index is 0.0998. The van der Waals surface area contributed by atoms with Crippen LogP contribution >= 0.6 is 0 Å². The molecule has 0 spiro atoms. The van der Waals surface area contributed by atoms with Gasteiger partial charge in [-0.1, -0.05) is 30.3 Å². The molecule has 1 amide bonds. The number of aryl methyl sites for hydroxylation is 3. The summed E-state index contributed by atoms with van der Waals surface area (Å²) in [5.74, 6) is 1.04. The van der Waals surface area contributed by atoms with Gasteiger partial charge in [0.2, 0.25) is 5.91 Å². The van der Waals surface area contributed by atoms with E-state index in [1.807, 2.05) is 66.2 Å². The number of hydrogen-bond acceptors (Lipinski definition) is 3. The third-order valence-electron chi connectivity index (χ3n) is 5.22. The van der Waals surface area contributed by atoms with E-state index in [9.17, 15) is 4.79 Å². The highest BCUT2D eigenvalue weighted by atomic mass is 16.1. The summed E-state index contributed by atoms with van der Waals surface area (Å²) in [6, 6.07) is 18.1. The van der Waals surface area contributed by atoms with Crippen LogP contribution in [0.25, 0.3) is 16.7 Å². The first-order chi connectivity index (χ1) is 14.7. The Morgan fingerprint density at radius 3 is 2.67 bits per heavy atom. The predicted molar refractivity (Wildman–Crippen MR) is 119 cm³/mol. The second kappa shape index (κ2) is 9.39. The van der Waals surface area contributed by atoms with E-state index < -0.39 is 0 Å². The van der Waals surface area contributed by atoms with E-state index in [2.05, 4.69) is 26.6 Å². The Hall–Kier alpha value is -3.41. The molecule has 0 aliphatic carbocycles. The van der Waals surface area contributed by atoms with Crippen LogP contribution in [0.5, 0.6) is 0 Å². The second-order valence-electron chi connectivity index (χ2n) is 7.53. The Morgan fingerprint density at radius 1 is 1.03 bits per heavy atom. The zero-order valence-electron chi connectivity index (χ0n) is 17.3. The van der Waals surface area contributed by atoms with Crippen LogP contribution in [0.15, 0.2) is 60.8 Å². The number of nitrogens with one attached hydrogen (secondary N) is 2. The number of aromatic amines is 1. The molecule has 0 atom stereocenters. The van der Waals surface area contributed by atoms with E-state index in [0.29, 0.717) is 13.0 Å². The van der Waals surface area contributed by atoms with Gasteiger partial charge in [0.1, 0.15) is 5.82 Å². The largest absolute Gasteiger partial charge is 0.356 e. The van der Waals surface area contributed by atoms with Crippen molar-refractivity contribution >= 4 is 16.9 Å². The maximum absolute atomic E-state index is 12.1. The standard InChI is InChI=1S/C24H27N5O/c1-18-19(17-29(28-18)20-10-3-2-4-11-20)9-8-16-25-24(30)15-7-14-23-26-21-12-5-6-13-22(21)27-23/h2-6,10-13,17H,7-9,14-16H2,1H3,(H,25,30)(H,26,27). The number of para-hydroxylation sites is 3. The Bertz CT molecular complexity index is 1080. The van der Waals surface area contributed by atoms with Crippen LogP contribution in [0.2, 0.25) is 0 Å². The van der Waals surface area contributed by atoms with Crippen LogP contribution in [0, 0.1) is 6.92 Å². The molecule has 0 radical (unpaired) electrons. The van der Waals surface area contributed by atoms with Crippen molar-refractivity contribution in [2.75, 3.05) is 6.54 Å². The molecule has 6 nitrogen and oxygen atoms in total. The number of nitrogens with zero attached hydrogens (tertiary/aromatic N) is 3. The third kappa shape index (κ3) is 4.95. The fourth-order valence-electron chi connectivity index (χ4n) is 3.59. The maximum atomic E-state index is 12.1. The van der Waals surface area contributed by atoms with E-state index in [-0.39, 0.29) is 5.91 Å². The summed E-state index contributed by atoms with van der Waals surface area (Å²) in [4.78, 5) is 20.0. The Labute approximate surface area is 176 Å². The van der Waals surface area contributed by atoms with E-state index in [4.69, 9.17) is 0 Å². The molecule has 2 aromatic carbocycles. The van der Waals surface area contributed by atoms with Gasteiger partial charge in [-0.2, -0.15) is 5.10 Å². The summed E-state index contributed by atoms with van der Waals surface area (Å²) in [5, 5.41) is 7.63. The predicted octanol–water partition coefficient (Wildman–Crippen LogP) is 4.13. The molecule has 30 heavy (non-hydrogen) atoms. The van der Waals surface area contributed by atoms with Crippen LogP contribution < -0.4 is 5.32 Å². The lowest BCUT2D eigenvalue weighted by molar-refractivity contribution is -0.121. The fourth-order valence-corrected chi connectivity index (χ4v) is 3.59. The molecule has 0 fully saturated rings. The molecular weight excluding hydrogens is 374 g/mol. The molecule has 2 N–H and O–H groups in total. The van der Waals surface area contributed by atoms with E-state index in [0.717, 1.165) is 53.9 Å². The molecule has 0 saturated heterocycles. The minimum Gasteiger partial charge on any atom is -0.356 e.